The maximum absolute atomic E-state index is 12.2. The number of halogens is 2. The van der Waals surface area contributed by atoms with Gasteiger partial charge in [0, 0.05) is 24.6 Å². The van der Waals surface area contributed by atoms with Crippen LogP contribution in [0, 0.1) is 0 Å². The molecule has 0 aliphatic carbocycles. The van der Waals surface area contributed by atoms with Crippen molar-refractivity contribution in [1.29, 1.82) is 0 Å². The number of ketones is 1. The van der Waals surface area contributed by atoms with Gasteiger partial charge in [-0.1, -0.05) is 35.7 Å². The summed E-state index contributed by atoms with van der Waals surface area (Å²) in [7, 11) is 0. The van der Waals surface area contributed by atoms with E-state index in [0.717, 1.165) is 25.8 Å². The summed E-state index contributed by atoms with van der Waals surface area (Å²) < 4.78 is 0. The molecule has 1 fully saturated rings. The number of benzene rings is 1. The molecule has 0 bridgehead atoms. The predicted octanol–water partition coefficient (Wildman–Crippen LogP) is 3.41. The lowest BCUT2D eigenvalue weighted by atomic mass is 10.0. The van der Waals surface area contributed by atoms with Crippen molar-refractivity contribution >= 4 is 29.0 Å². The summed E-state index contributed by atoms with van der Waals surface area (Å²) in [5.41, 5.74) is 0.483. The summed E-state index contributed by atoms with van der Waals surface area (Å²) in [5, 5.41) is 10.1. The molecule has 1 aliphatic rings. The SMILES string of the molecule is O=C(CCN1CCCCC1CO)c1cccc(Cl)c1Cl. The molecule has 1 saturated heterocycles. The third-order valence-corrected chi connectivity index (χ3v) is 4.66. The van der Waals surface area contributed by atoms with Crippen LogP contribution in [0.5, 0.6) is 0 Å². The van der Waals surface area contributed by atoms with Gasteiger partial charge in [0.1, 0.15) is 0 Å². The Bertz CT molecular complexity index is 479. The van der Waals surface area contributed by atoms with E-state index in [-0.39, 0.29) is 18.4 Å². The van der Waals surface area contributed by atoms with Gasteiger partial charge in [-0.15, -0.1) is 0 Å². The predicted molar refractivity (Wildman–Crippen MR) is 81.7 cm³/mol. The molecule has 0 spiro atoms. The van der Waals surface area contributed by atoms with Crippen molar-refractivity contribution < 1.29 is 9.90 Å². The van der Waals surface area contributed by atoms with Crippen molar-refractivity contribution in [2.75, 3.05) is 19.7 Å². The second kappa shape index (κ2) is 7.41. The van der Waals surface area contributed by atoms with Gasteiger partial charge in [0.05, 0.1) is 16.7 Å². The highest BCUT2D eigenvalue weighted by molar-refractivity contribution is 6.43. The zero-order chi connectivity index (χ0) is 14.5. The van der Waals surface area contributed by atoms with Crippen molar-refractivity contribution in [3.8, 4) is 0 Å². The Hall–Kier alpha value is -0.610. The molecular weight excluding hydrogens is 297 g/mol. The van der Waals surface area contributed by atoms with Gasteiger partial charge < -0.3 is 5.11 Å². The number of hydrogen-bond donors (Lipinski definition) is 1. The van der Waals surface area contributed by atoms with E-state index in [9.17, 15) is 9.90 Å². The molecule has 1 aromatic carbocycles. The van der Waals surface area contributed by atoms with Crippen LogP contribution in [-0.4, -0.2) is 41.5 Å². The molecule has 0 saturated carbocycles. The number of nitrogens with zero attached hydrogens (tertiary/aromatic N) is 1. The second-order valence-electron chi connectivity index (χ2n) is 5.14. The lowest BCUT2D eigenvalue weighted by Crippen LogP contribution is -2.42. The highest BCUT2D eigenvalue weighted by Gasteiger charge is 2.22. The molecule has 0 amide bonds. The number of Topliss-reactive ketones (excluding diaryl/α,β-unsaturated/α-hetero) is 1. The number of rotatable bonds is 5. The van der Waals surface area contributed by atoms with Crippen LogP contribution in [0.4, 0.5) is 0 Å². The first-order chi connectivity index (χ1) is 9.63. The lowest BCUT2D eigenvalue weighted by molar-refractivity contribution is 0.0793. The highest BCUT2D eigenvalue weighted by atomic mass is 35.5. The van der Waals surface area contributed by atoms with Gasteiger partial charge in [-0.2, -0.15) is 0 Å². The normalized spacial score (nSPS) is 20.1. The van der Waals surface area contributed by atoms with Crippen LogP contribution in [0.15, 0.2) is 18.2 Å². The lowest BCUT2D eigenvalue weighted by Gasteiger charge is -2.34. The Morgan fingerprint density at radius 3 is 2.90 bits per heavy atom. The molecule has 1 aliphatic heterocycles. The monoisotopic (exact) mass is 315 g/mol. The number of hydrogen-bond acceptors (Lipinski definition) is 3. The third-order valence-electron chi connectivity index (χ3n) is 3.84. The van der Waals surface area contributed by atoms with Crippen molar-refractivity contribution in [2.45, 2.75) is 31.7 Å². The maximum atomic E-state index is 12.2. The second-order valence-corrected chi connectivity index (χ2v) is 5.93. The van der Waals surface area contributed by atoms with Crippen LogP contribution in [0.25, 0.3) is 0 Å². The summed E-state index contributed by atoms with van der Waals surface area (Å²) >= 11 is 12.0. The van der Waals surface area contributed by atoms with Crippen molar-refractivity contribution in [3.63, 3.8) is 0 Å². The topological polar surface area (TPSA) is 40.5 Å². The van der Waals surface area contributed by atoms with Crippen molar-refractivity contribution in [1.82, 2.24) is 4.90 Å². The smallest absolute Gasteiger partial charge is 0.165 e. The Balaban J connectivity index is 1.96. The average molecular weight is 316 g/mol. The van der Waals surface area contributed by atoms with Crippen LogP contribution < -0.4 is 0 Å². The van der Waals surface area contributed by atoms with Crippen LogP contribution >= 0.6 is 23.2 Å². The standard InChI is InChI=1S/C15H19Cl2NO2/c16-13-6-3-5-12(15(13)17)14(20)7-9-18-8-2-1-4-11(18)10-19/h3,5-6,11,19H,1-2,4,7-10H2. The summed E-state index contributed by atoms with van der Waals surface area (Å²) in [6.07, 6.45) is 3.68. The Morgan fingerprint density at radius 1 is 1.35 bits per heavy atom. The quantitative estimate of drug-likeness (QED) is 0.846. The van der Waals surface area contributed by atoms with E-state index in [1.165, 1.54) is 0 Å². The molecule has 1 aromatic rings. The maximum Gasteiger partial charge on any atom is 0.165 e. The van der Waals surface area contributed by atoms with E-state index < -0.39 is 0 Å². The minimum Gasteiger partial charge on any atom is -0.395 e. The molecule has 5 heteroatoms. The largest absolute Gasteiger partial charge is 0.395 e. The van der Waals surface area contributed by atoms with Crippen LogP contribution in [-0.2, 0) is 0 Å². The number of aliphatic hydroxyl groups is 1. The molecule has 2 rings (SSSR count). The van der Waals surface area contributed by atoms with E-state index >= 15 is 0 Å². The zero-order valence-corrected chi connectivity index (χ0v) is 12.8. The highest BCUT2D eigenvalue weighted by Crippen LogP contribution is 2.26. The van der Waals surface area contributed by atoms with Crippen molar-refractivity contribution in [2.24, 2.45) is 0 Å². The van der Waals surface area contributed by atoms with E-state index in [1.54, 1.807) is 18.2 Å². The number of likely N-dealkylation sites (tertiary alicyclic amines) is 1. The number of carbonyl (C=O) groups is 1. The molecule has 1 atom stereocenters. The van der Waals surface area contributed by atoms with E-state index in [0.29, 0.717) is 28.6 Å². The first-order valence-electron chi connectivity index (χ1n) is 6.95. The van der Waals surface area contributed by atoms with Gasteiger partial charge in [-0.25, -0.2) is 0 Å². The van der Waals surface area contributed by atoms with Gasteiger partial charge in [0.25, 0.3) is 0 Å². The molecule has 110 valence electrons. The Labute approximate surface area is 129 Å². The number of aliphatic hydroxyl groups excluding tert-OH is 1. The van der Waals surface area contributed by atoms with E-state index in [2.05, 4.69) is 4.90 Å². The third kappa shape index (κ3) is 3.73. The molecule has 0 aromatic heterocycles. The first kappa shape index (κ1) is 15.8. The fourth-order valence-electron chi connectivity index (χ4n) is 2.66. The van der Waals surface area contributed by atoms with Crippen LogP contribution in [0.2, 0.25) is 10.0 Å². The van der Waals surface area contributed by atoms with E-state index in [1.807, 2.05) is 0 Å². The number of piperidine rings is 1. The molecule has 3 nitrogen and oxygen atoms in total. The molecule has 0 radical (unpaired) electrons. The molecular formula is C15H19Cl2NO2. The fourth-order valence-corrected chi connectivity index (χ4v) is 3.07. The Morgan fingerprint density at radius 2 is 2.15 bits per heavy atom. The van der Waals surface area contributed by atoms with Crippen molar-refractivity contribution in [3.05, 3.63) is 33.8 Å². The van der Waals surface area contributed by atoms with Gasteiger partial charge in [0.2, 0.25) is 0 Å². The molecule has 20 heavy (non-hydrogen) atoms. The summed E-state index contributed by atoms with van der Waals surface area (Å²) in [6.45, 7) is 1.76. The van der Waals surface area contributed by atoms with Gasteiger partial charge in [0.15, 0.2) is 5.78 Å². The number of carbonyl (C=O) groups excluding carboxylic acids is 1. The van der Waals surface area contributed by atoms with Crippen LogP contribution in [0.1, 0.15) is 36.0 Å². The Kier molecular flexibility index (Phi) is 5.85. The van der Waals surface area contributed by atoms with Gasteiger partial charge in [-0.05, 0) is 31.5 Å². The first-order valence-corrected chi connectivity index (χ1v) is 7.71. The minimum atomic E-state index is -0.000219. The summed E-state index contributed by atoms with van der Waals surface area (Å²) in [6, 6.07) is 5.30. The summed E-state index contributed by atoms with van der Waals surface area (Å²) in [5.74, 6) is -0.000219. The average Bonchev–Trinajstić information content (AvgIpc) is 2.48. The molecule has 1 N–H and O–H groups in total. The zero-order valence-electron chi connectivity index (χ0n) is 11.3. The molecule has 1 heterocycles. The fraction of sp³-hybridized carbons (Fsp3) is 0.533. The molecule has 1 unspecified atom stereocenters. The van der Waals surface area contributed by atoms with Gasteiger partial charge >= 0.3 is 0 Å². The summed E-state index contributed by atoms with van der Waals surface area (Å²) in [4.78, 5) is 14.4. The van der Waals surface area contributed by atoms with Crippen LogP contribution in [0.3, 0.4) is 0 Å². The minimum absolute atomic E-state index is 0.000219. The van der Waals surface area contributed by atoms with Gasteiger partial charge in [-0.3, -0.25) is 9.69 Å². The van der Waals surface area contributed by atoms with E-state index in [4.69, 9.17) is 23.2 Å².